The van der Waals surface area contributed by atoms with Crippen LogP contribution in [0.4, 0.5) is 0 Å². The summed E-state index contributed by atoms with van der Waals surface area (Å²) in [5.74, 6) is 0.472. The van der Waals surface area contributed by atoms with Crippen LogP contribution in [0.2, 0.25) is 0 Å². The van der Waals surface area contributed by atoms with E-state index in [1.165, 1.54) is 17.5 Å². The summed E-state index contributed by atoms with van der Waals surface area (Å²) in [6.07, 6.45) is 3.45. The third-order valence-electron chi connectivity index (χ3n) is 4.20. The van der Waals surface area contributed by atoms with Crippen LogP contribution in [0.15, 0.2) is 60.7 Å². The molecule has 2 heteroatoms. The monoisotopic (exact) mass is 296 g/mol. The number of hydrogen-bond donors (Lipinski definition) is 1. The fraction of sp³-hybridized carbons (Fsp3) is 0.400. The molecule has 0 aliphatic heterocycles. The van der Waals surface area contributed by atoms with Gasteiger partial charge in [0.05, 0.1) is 0 Å². The minimum Gasteiger partial charge on any atom is -0.330 e. The van der Waals surface area contributed by atoms with Gasteiger partial charge in [0.25, 0.3) is 0 Å². The van der Waals surface area contributed by atoms with E-state index in [9.17, 15) is 0 Å². The normalized spacial score (nSPS) is 11.3. The van der Waals surface area contributed by atoms with Crippen LogP contribution < -0.4 is 5.73 Å². The summed E-state index contributed by atoms with van der Waals surface area (Å²) < 4.78 is 0. The lowest BCUT2D eigenvalue weighted by Crippen LogP contribution is -2.23. The van der Waals surface area contributed by atoms with Gasteiger partial charge in [0.1, 0.15) is 0 Å². The topological polar surface area (TPSA) is 29.3 Å². The molecule has 0 amide bonds. The van der Waals surface area contributed by atoms with E-state index in [0.717, 1.165) is 32.5 Å². The molecule has 2 N–H and O–H groups in total. The highest BCUT2D eigenvalue weighted by Crippen LogP contribution is 2.27. The third kappa shape index (κ3) is 5.28. The van der Waals surface area contributed by atoms with E-state index in [1.54, 1.807) is 0 Å². The molecule has 0 saturated heterocycles. The van der Waals surface area contributed by atoms with Crippen LogP contribution in [0.5, 0.6) is 0 Å². The lowest BCUT2D eigenvalue weighted by molar-refractivity contribution is 0.316. The number of rotatable bonds is 9. The highest BCUT2D eigenvalue weighted by Gasteiger charge is 2.14. The number of nitrogens with zero attached hydrogens (tertiary/aromatic N) is 1. The zero-order chi connectivity index (χ0) is 15.6. The number of nitrogens with two attached hydrogens (primary N) is 1. The summed E-state index contributed by atoms with van der Waals surface area (Å²) in [4.78, 5) is 2.43. The lowest BCUT2D eigenvalue weighted by atomic mass is 9.88. The standard InChI is InChI=1S/C20H28N2/c1-22(16-9-8-15-21)17-14-20(18-10-4-2-5-11-18)19-12-6-3-7-13-19/h2-7,10-13,20H,8-9,14-17,21H2,1H3. The van der Waals surface area contributed by atoms with Crippen LogP contribution in [0.1, 0.15) is 36.3 Å². The van der Waals surface area contributed by atoms with Crippen molar-refractivity contribution in [3.05, 3.63) is 71.8 Å². The molecule has 2 aromatic rings. The smallest absolute Gasteiger partial charge is 0.0101 e. The molecule has 2 rings (SSSR count). The van der Waals surface area contributed by atoms with Gasteiger partial charge in [-0.05, 0) is 57.1 Å². The molecule has 0 aliphatic carbocycles. The van der Waals surface area contributed by atoms with Crippen molar-refractivity contribution in [1.29, 1.82) is 0 Å². The Bertz CT molecular complexity index is 470. The molecule has 0 aromatic heterocycles. The molecule has 0 spiro atoms. The minimum atomic E-state index is 0.472. The third-order valence-corrected chi connectivity index (χ3v) is 4.20. The molecule has 0 fully saturated rings. The summed E-state index contributed by atoms with van der Waals surface area (Å²) in [6, 6.07) is 21.7. The Labute approximate surface area is 135 Å². The van der Waals surface area contributed by atoms with Gasteiger partial charge in [-0.1, -0.05) is 60.7 Å². The van der Waals surface area contributed by atoms with Crippen LogP contribution in [0.25, 0.3) is 0 Å². The molecule has 0 radical (unpaired) electrons. The fourth-order valence-corrected chi connectivity index (χ4v) is 2.88. The maximum absolute atomic E-state index is 5.57. The SMILES string of the molecule is CN(CCCCN)CCC(c1ccccc1)c1ccccc1. The Kier molecular flexibility index (Phi) is 7.14. The Hall–Kier alpha value is -1.64. The van der Waals surface area contributed by atoms with Gasteiger partial charge in [-0.3, -0.25) is 0 Å². The van der Waals surface area contributed by atoms with Gasteiger partial charge in [0.15, 0.2) is 0 Å². The molecule has 0 heterocycles. The first-order valence-electron chi connectivity index (χ1n) is 8.29. The van der Waals surface area contributed by atoms with Crippen molar-refractivity contribution in [2.45, 2.75) is 25.2 Å². The first-order chi connectivity index (χ1) is 10.8. The second-order valence-corrected chi connectivity index (χ2v) is 5.96. The maximum Gasteiger partial charge on any atom is 0.0101 e. The first kappa shape index (κ1) is 16.7. The Morgan fingerprint density at radius 3 is 1.86 bits per heavy atom. The lowest BCUT2D eigenvalue weighted by Gasteiger charge is -2.22. The molecule has 0 bridgehead atoms. The Morgan fingerprint density at radius 2 is 1.36 bits per heavy atom. The van der Waals surface area contributed by atoms with Crippen LogP contribution in [-0.4, -0.2) is 31.6 Å². The number of hydrogen-bond acceptors (Lipinski definition) is 2. The summed E-state index contributed by atoms with van der Waals surface area (Å²) in [5, 5.41) is 0. The summed E-state index contributed by atoms with van der Waals surface area (Å²) in [6.45, 7) is 3.04. The van der Waals surface area contributed by atoms with Crippen molar-refractivity contribution in [2.75, 3.05) is 26.7 Å². The molecule has 0 unspecified atom stereocenters. The highest BCUT2D eigenvalue weighted by atomic mass is 15.1. The van der Waals surface area contributed by atoms with Gasteiger partial charge in [-0.15, -0.1) is 0 Å². The second-order valence-electron chi connectivity index (χ2n) is 5.96. The van der Waals surface area contributed by atoms with E-state index in [-0.39, 0.29) is 0 Å². The van der Waals surface area contributed by atoms with Gasteiger partial charge < -0.3 is 10.6 Å². The van der Waals surface area contributed by atoms with E-state index in [0.29, 0.717) is 5.92 Å². The van der Waals surface area contributed by atoms with E-state index >= 15 is 0 Å². The van der Waals surface area contributed by atoms with E-state index in [1.807, 2.05) is 0 Å². The molecule has 0 atom stereocenters. The number of unbranched alkanes of at least 4 members (excludes halogenated alkanes) is 1. The second kappa shape index (κ2) is 9.39. The van der Waals surface area contributed by atoms with Gasteiger partial charge in [0, 0.05) is 5.92 Å². The van der Waals surface area contributed by atoms with E-state index in [2.05, 4.69) is 72.6 Å². The first-order valence-corrected chi connectivity index (χ1v) is 8.29. The van der Waals surface area contributed by atoms with Crippen molar-refractivity contribution >= 4 is 0 Å². The zero-order valence-electron chi connectivity index (χ0n) is 13.6. The molecule has 118 valence electrons. The van der Waals surface area contributed by atoms with Crippen LogP contribution >= 0.6 is 0 Å². The number of benzene rings is 2. The Morgan fingerprint density at radius 1 is 0.818 bits per heavy atom. The predicted octanol–water partition coefficient (Wildman–Crippen LogP) is 3.88. The zero-order valence-corrected chi connectivity index (χ0v) is 13.6. The molecular formula is C20H28N2. The fourth-order valence-electron chi connectivity index (χ4n) is 2.88. The predicted molar refractivity (Wildman–Crippen MR) is 95.1 cm³/mol. The van der Waals surface area contributed by atoms with Crippen molar-refractivity contribution in [3.8, 4) is 0 Å². The molecule has 0 saturated carbocycles. The van der Waals surface area contributed by atoms with Crippen molar-refractivity contribution < 1.29 is 0 Å². The van der Waals surface area contributed by atoms with Gasteiger partial charge in [-0.2, -0.15) is 0 Å². The van der Waals surface area contributed by atoms with Crippen LogP contribution in [-0.2, 0) is 0 Å². The van der Waals surface area contributed by atoms with Gasteiger partial charge in [0.2, 0.25) is 0 Å². The molecular weight excluding hydrogens is 268 g/mol. The molecule has 2 aromatic carbocycles. The van der Waals surface area contributed by atoms with Crippen LogP contribution in [0, 0.1) is 0 Å². The molecule has 22 heavy (non-hydrogen) atoms. The van der Waals surface area contributed by atoms with E-state index in [4.69, 9.17) is 5.73 Å². The quantitative estimate of drug-likeness (QED) is 0.712. The highest BCUT2D eigenvalue weighted by molar-refractivity contribution is 5.32. The van der Waals surface area contributed by atoms with Crippen molar-refractivity contribution in [1.82, 2.24) is 4.90 Å². The average molecular weight is 296 g/mol. The minimum absolute atomic E-state index is 0.472. The van der Waals surface area contributed by atoms with Crippen molar-refractivity contribution in [3.63, 3.8) is 0 Å². The molecule has 0 aliphatic rings. The summed E-state index contributed by atoms with van der Waals surface area (Å²) in [7, 11) is 2.21. The Balaban J connectivity index is 2.00. The molecule has 2 nitrogen and oxygen atoms in total. The van der Waals surface area contributed by atoms with E-state index < -0.39 is 0 Å². The summed E-state index contributed by atoms with van der Waals surface area (Å²) >= 11 is 0. The largest absolute Gasteiger partial charge is 0.330 e. The summed E-state index contributed by atoms with van der Waals surface area (Å²) in [5.41, 5.74) is 8.38. The van der Waals surface area contributed by atoms with Crippen LogP contribution in [0.3, 0.4) is 0 Å². The maximum atomic E-state index is 5.57. The van der Waals surface area contributed by atoms with Gasteiger partial charge >= 0.3 is 0 Å². The average Bonchev–Trinajstić information content (AvgIpc) is 2.57. The van der Waals surface area contributed by atoms with Gasteiger partial charge in [-0.25, -0.2) is 0 Å². The van der Waals surface area contributed by atoms with Crippen molar-refractivity contribution in [2.24, 2.45) is 5.73 Å².